The molecule has 0 atom stereocenters. The molecule has 0 radical (unpaired) electrons. The Balaban J connectivity index is 1.96. The zero-order valence-electron chi connectivity index (χ0n) is 15.6. The predicted octanol–water partition coefficient (Wildman–Crippen LogP) is 3.96. The molecule has 27 heavy (non-hydrogen) atoms. The number of nitrogens with zero attached hydrogens (tertiary/aromatic N) is 3. The van der Waals surface area contributed by atoms with E-state index in [0.717, 1.165) is 16.5 Å². The molecule has 3 aromatic rings. The number of hydrogen-bond acceptors (Lipinski definition) is 7. The largest absolute Gasteiger partial charge is 0.494 e. The van der Waals surface area contributed by atoms with Gasteiger partial charge in [-0.15, -0.1) is 11.3 Å². The summed E-state index contributed by atoms with van der Waals surface area (Å²) < 4.78 is 24.0. The second-order valence-electron chi connectivity index (χ2n) is 5.98. The summed E-state index contributed by atoms with van der Waals surface area (Å²) in [7, 11) is 3.30. The zero-order valence-corrected chi connectivity index (χ0v) is 16.4. The van der Waals surface area contributed by atoms with Crippen molar-refractivity contribution in [2.24, 2.45) is 0 Å². The number of hydrogen-bond donors (Lipinski definition) is 0. The molecule has 0 saturated heterocycles. The molecule has 6 nitrogen and oxygen atoms in total. The lowest BCUT2D eigenvalue weighted by atomic mass is 10.1. The first kappa shape index (κ1) is 19.0. The fourth-order valence-corrected chi connectivity index (χ4v) is 3.93. The number of carbonyl (C=O) groups is 1. The lowest BCUT2D eigenvalue weighted by molar-refractivity contribution is 0.0531. The van der Waals surface area contributed by atoms with Crippen LogP contribution in [0, 0.1) is 12.7 Å². The van der Waals surface area contributed by atoms with Gasteiger partial charge in [-0.25, -0.2) is 19.2 Å². The number of fused-ring (bicyclic) bond motifs is 1. The van der Waals surface area contributed by atoms with Gasteiger partial charge in [0.2, 0.25) is 0 Å². The molecule has 0 amide bonds. The van der Waals surface area contributed by atoms with Crippen molar-refractivity contribution in [2.75, 3.05) is 25.7 Å². The van der Waals surface area contributed by atoms with E-state index < -0.39 is 5.82 Å². The van der Waals surface area contributed by atoms with Crippen LogP contribution in [0.25, 0.3) is 10.2 Å². The molecule has 0 aliphatic rings. The van der Waals surface area contributed by atoms with Crippen molar-refractivity contribution in [3.63, 3.8) is 0 Å². The van der Waals surface area contributed by atoms with E-state index in [9.17, 15) is 9.18 Å². The van der Waals surface area contributed by atoms with Crippen molar-refractivity contribution < 1.29 is 18.7 Å². The molecule has 142 valence electrons. The van der Waals surface area contributed by atoms with E-state index >= 15 is 0 Å². The molecule has 0 aliphatic heterocycles. The second kappa shape index (κ2) is 7.87. The highest BCUT2D eigenvalue weighted by molar-refractivity contribution is 7.20. The number of benzene rings is 1. The molecule has 8 heteroatoms. The van der Waals surface area contributed by atoms with E-state index in [2.05, 4.69) is 9.97 Å². The van der Waals surface area contributed by atoms with E-state index in [4.69, 9.17) is 9.47 Å². The van der Waals surface area contributed by atoms with Crippen LogP contribution in [-0.4, -0.2) is 36.7 Å². The Labute approximate surface area is 160 Å². The van der Waals surface area contributed by atoms with Crippen LogP contribution in [0.5, 0.6) is 5.75 Å². The molecule has 2 heterocycles. The van der Waals surface area contributed by atoms with Gasteiger partial charge in [0, 0.05) is 13.6 Å². The number of esters is 1. The van der Waals surface area contributed by atoms with Gasteiger partial charge in [-0.05, 0) is 37.1 Å². The van der Waals surface area contributed by atoms with Crippen LogP contribution in [0.1, 0.15) is 27.7 Å². The molecule has 0 spiro atoms. The summed E-state index contributed by atoms with van der Waals surface area (Å²) in [4.78, 5) is 24.0. The van der Waals surface area contributed by atoms with Gasteiger partial charge in [0.1, 0.15) is 21.9 Å². The minimum Gasteiger partial charge on any atom is -0.494 e. The minimum absolute atomic E-state index is 0.207. The Bertz CT molecular complexity index is 990. The average Bonchev–Trinajstić information content (AvgIpc) is 2.99. The Morgan fingerprint density at radius 1 is 1.33 bits per heavy atom. The number of rotatable bonds is 6. The third kappa shape index (κ3) is 3.71. The van der Waals surface area contributed by atoms with Crippen LogP contribution < -0.4 is 9.64 Å². The molecule has 2 aromatic heterocycles. The summed E-state index contributed by atoms with van der Waals surface area (Å²) in [6.07, 6.45) is 1.47. The van der Waals surface area contributed by atoms with Crippen LogP contribution >= 0.6 is 11.3 Å². The topological polar surface area (TPSA) is 64.5 Å². The van der Waals surface area contributed by atoms with E-state index in [1.54, 1.807) is 19.1 Å². The van der Waals surface area contributed by atoms with Crippen LogP contribution in [0.15, 0.2) is 24.5 Å². The highest BCUT2D eigenvalue weighted by atomic mass is 32.1. The number of methoxy groups -OCH3 is 1. The van der Waals surface area contributed by atoms with E-state index in [1.165, 1.54) is 30.8 Å². The molecule has 0 saturated carbocycles. The SMILES string of the molecule is CCOC(=O)c1sc2ncnc(N(C)Cc3ccc(OC)c(F)c3)c2c1C. The van der Waals surface area contributed by atoms with Gasteiger partial charge in [-0.1, -0.05) is 6.07 Å². The highest BCUT2D eigenvalue weighted by Crippen LogP contribution is 2.35. The lowest BCUT2D eigenvalue weighted by Crippen LogP contribution is -2.18. The van der Waals surface area contributed by atoms with Gasteiger partial charge in [-0.2, -0.15) is 0 Å². The maximum Gasteiger partial charge on any atom is 0.348 e. The summed E-state index contributed by atoms with van der Waals surface area (Å²) in [5, 5.41) is 0.807. The maximum absolute atomic E-state index is 14.0. The fourth-order valence-electron chi connectivity index (χ4n) is 2.89. The van der Waals surface area contributed by atoms with Gasteiger partial charge >= 0.3 is 5.97 Å². The van der Waals surface area contributed by atoms with Crippen molar-refractivity contribution >= 4 is 33.3 Å². The molecule has 0 bridgehead atoms. The monoisotopic (exact) mass is 389 g/mol. The smallest absolute Gasteiger partial charge is 0.348 e. The number of carbonyl (C=O) groups excluding carboxylic acids is 1. The predicted molar refractivity (Wildman–Crippen MR) is 103 cm³/mol. The third-order valence-corrected chi connectivity index (χ3v) is 5.35. The van der Waals surface area contributed by atoms with Crippen molar-refractivity contribution in [3.05, 3.63) is 46.3 Å². The van der Waals surface area contributed by atoms with Crippen LogP contribution in [0.4, 0.5) is 10.2 Å². The number of anilines is 1. The summed E-state index contributed by atoms with van der Waals surface area (Å²) >= 11 is 1.29. The number of ether oxygens (including phenoxy) is 2. The molecule has 3 rings (SSSR count). The Hall–Kier alpha value is -2.74. The summed E-state index contributed by atoms with van der Waals surface area (Å²) in [6, 6.07) is 4.85. The number of aromatic nitrogens is 2. The van der Waals surface area contributed by atoms with Crippen molar-refractivity contribution in [3.8, 4) is 5.75 Å². The number of aryl methyl sites for hydroxylation is 1. The minimum atomic E-state index is -0.410. The first-order valence-electron chi connectivity index (χ1n) is 8.41. The third-order valence-electron chi connectivity index (χ3n) is 4.17. The van der Waals surface area contributed by atoms with Gasteiger partial charge in [0.25, 0.3) is 0 Å². The van der Waals surface area contributed by atoms with Crippen LogP contribution in [0.2, 0.25) is 0 Å². The summed E-state index contributed by atoms with van der Waals surface area (Å²) in [5.41, 5.74) is 1.57. The van der Waals surface area contributed by atoms with Gasteiger partial charge in [0.15, 0.2) is 11.6 Å². The van der Waals surface area contributed by atoms with Crippen molar-refractivity contribution in [1.29, 1.82) is 0 Å². The Morgan fingerprint density at radius 2 is 2.11 bits per heavy atom. The fraction of sp³-hybridized carbons (Fsp3) is 0.316. The first-order valence-corrected chi connectivity index (χ1v) is 9.22. The van der Waals surface area contributed by atoms with E-state index in [0.29, 0.717) is 28.7 Å². The molecule has 0 unspecified atom stereocenters. The lowest BCUT2D eigenvalue weighted by Gasteiger charge is -2.19. The molecular weight excluding hydrogens is 369 g/mol. The van der Waals surface area contributed by atoms with Gasteiger partial charge in [-0.3, -0.25) is 0 Å². The number of thiophene rings is 1. The van der Waals surface area contributed by atoms with Gasteiger partial charge < -0.3 is 14.4 Å². The van der Waals surface area contributed by atoms with Crippen LogP contribution in [0.3, 0.4) is 0 Å². The summed E-state index contributed by atoms with van der Waals surface area (Å²) in [5.74, 6) is 0.121. The molecule has 0 N–H and O–H groups in total. The molecule has 0 aliphatic carbocycles. The Morgan fingerprint density at radius 3 is 2.78 bits per heavy atom. The quantitative estimate of drug-likeness (QED) is 0.595. The molecular formula is C19H20FN3O3S. The highest BCUT2D eigenvalue weighted by Gasteiger charge is 2.21. The van der Waals surface area contributed by atoms with Crippen LogP contribution in [-0.2, 0) is 11.3 Å². The average molecular weight is 389 g/mol. The van der Waals surface area contributed by atoms with Gasteiger partial charge in [0.05, 0.1) is 19.1 Å². The second-order valence-corrected chi connectivity index (χ2v) is 6.98. The Kier molecular flexibility index (Phi) is 5.55. The van der Waals surface area contributed by atoms with E-state index in [-0.39, 0.29) is 11.7 Å². The molecule has 0 fully saturated rings. The standard InChI is InChI=1S/C19H20FN3O3S/c1-5-26-19(24)16-11(2)15-17(21-10-22-18(15)27-16)23(3)9-12-6-7-14(25-4)13(20)8-12/h6-8,10H,5,9H2,1-4H3. The number of halogens is 1. The zero-order chi connectivity index (χ0) is 19.6. The van der Waals surface area contributed by atoms with Crippen molar-refractivity contribution in [2.45, 2.75) is 20.4 Å². The van der Waals surface area contributed by atoms with Crippen molar-refractivity contribution in [1.82, 2.24) is 9.97 Å². The maximum atomic E-state index is 14.0. The summed E-state index contributed by atoms with van der Waals surface area (Å²) in [6.45, 7) is 4.39. The first-order chi connectivity index (χ1) is 13.0. The normalized spacial score (nSPS) is 10.9. The molecule has 1 aromatic carbocycles. The van der Waals surface area contributed by atoms with E-state index in [1.807, 2.05) is 18.9 Å².